The first-order chi connectivity index (χ1) is 32.6. The molecule has 1 aliphatic rings. The van der Waals surface area contributed by atoms with Gasteiger partial charge >= 0.3 is 0 Å². The molecule has 1 aliphatic carbocycles. The Bertz CT molecular complexity index is 3530. The number of benzene rings is 10. The van der Waals surface area contributed by atoms with Crippen molar-refractivity contribution in [3.8, 4) is 33.4 Å². The van der Waals surface area contributed by atoms with E-state index < -0.39 is 0 Å². The lowest BCUT2D eigenvalue weighted by Gasteiger charge is -2.31. The van der Waals surface area contributed by atoms with Gasteiger partial charge in [0.15, 0.2) is 0 Å². The van der Waals surface area contributed by atoms with E-state index in [0.29, 0.717) is 0 Å². The number of nitrogens with zero attached hydrogens (tertiary/aromatic N) is 1. The Hall–Kier alpha value is -7.78. The highest BCUT2D eigenvalue weighted by Crippen LogP contribution is 2.54. The fourth-order valence-electron chi connectivity index (χ4n) is 10.6. The zero-order valence-corrected chi connectivity index (χ0v) is 37.7. The molecule has 314 valence electrons. The molecule has 1 heterocycles. The summed E-state index contributed by atoms with van der Waals surface area (Å²) in [6.07, 6.45) is 1.68. The van der Waals surface area contributed by atoms with E-state index in [4.69, 9.17) is 0 Å². The van der Waals surface area contributed by atoms with Gasteiger partial charge in [0.2, 0.25) is 0 Å². The molecule has 1 nitrogen and oxygen atoms in total. The van der Waals surface area contributed by atoms with E-state index in [1.807, 2.05) is 11.3 Å². The number of hydrogen-bond acceptors (Lipinski definition) is 2. The van der Waals surface area contributed by atoms with Gasteiger partial charge in [0.25, 0.3) is 0 Å². The Morgan fingerprint density at radius 1 is 0.379 bits per heavy atom. The molecule has 0 saturated carbocycles. The molecule has 1 unspecified atom stereocenters. The van der Waals surface area contributed by atoms with Crippen LogP contribution in [0.3, 0.4) is 0 Å². The van der Waals surface area contributed by atoms with Gasteiger partial charge < -0.3 is 4.90 Å². The second-order valence-corrected chi connectivity index (χ2v) is 18.8. The zero-order valence-electron chi connectivity index (χ0n) is 36.9. The standard InChI is InChI=1S/C64H47NS/c1-64(49-23-9-4-10-24-49)60-30-15-13-26-56(60)57-39-37-52(43-61(57)64)65(50-34-32-46(33-35-50)55-28-17-29-59-58-27-14-16-31-62(58)66-63(55)59)51-36-38-54(48(42-51)41-45-20-7-3-8-21-45)53-25-12-11-22-47(53)40-44-18-5-2-6-19-44/h2-39,42-43H,40-41H2,1H3. The molecule has 2 heteroatoms. The van der Waals surface area contributed by atoms with Gasteiger partial charge in [0.1, 0.15) is 0 Å². The van der Waals surface area contributed by atoms with Gasteiger partial charge in [-0.05, 0) is 135 Å². The van der Waals surface area contributed by atoms with Gasteiger partial charge in [-0.3, -0.25) is 0 Å². The van der Waals surface area contributed by atoms with E-state index in [1.165, 1.54) is 92.5 Å². The molecule has 1 aromatic heterocycles. The molecule has 12 rings (SSSR count). The van der Waals surface area contributed by atoms with Crippen LogP contribution in [0, 0.1) is 0 Å². The van der Waals surface area contributed by atoms with Crippen molar-refractivity contribution in [1.29, 1.82) is 0 Å². The van der Waals surface area contributed by atoms with Crippen LogP contribution in [0.5, 0.6) is 0 Å². The van der Waals surface area contributed by atoms with Crippen LogP contribution in [0.15, 0.2) is 243 Å². The topological polar surface area (TPSA) is 3.24 Å². The number of anilines is 3. The SMILES string of the molecule is CC1(c2ccccc2)c2ccccc2-c2ccc(N(c3ccc(-c4cccc5c4sc4ccccc45)cc3)c3ccc(-c4ccccc4Cc4ccccc4)c(Cc4ccccc4)c3)cc21. The molecule has 0 N–H and O–H groups in total. The van der Waals surface area contributed by atoms with Crippen molar-refractivity contribution in [3.63, 3.8) is 0 Å². The molecule has 1 atom stereocenters. The molecule has 0 bridgehead atoms. The molecule has 0 saturated heterocycles. The van der Waals surface area contributed by atoms with Crippen LogP contribution in [0.25, 0.3) is 53.6 Å². The highest BCUT2D eigenvalue weighted by atomic mass is 32.1. The van der Waals surface area contributed by atoms with Crippen LogP contribution in [0.2, 0.25) is 0 Å². The quantitative estimate of drug-likeness (QED) is 0.132. The van der Waals surface area contributed by atoms with Gasteiger partial charge in [-0.25, -0.2) is 0 Å². The molecular weight excluding hydrogens is 815 g/mol. The summed E-state index contributed by atoms with van der Waals surface area (Å²) in [4.78, 5) is 2.48. The average molecular weight is 862 g/mol. The summed E-state index contributed by atoms with van der Waals surface area (Å²) in [5.41, 5.74) is 19.8. The van der Waals surface area contributed by atoms with Crippen molar-refractivity contribution in [2.24, 2.45) is 0 Å². The second kappa shape index (κ2) is 16.7. The van der Waals surface area contributed by atoms with Crippen molar-refractivity contribution < 1.29 is 0 Å². The van der Waals surface area contributed by atoms with E-state index in [0.717, 1.165) is 29.9 Å². The fourth-order valence-corrected chi connectivity index (χ4v) is 11.8. The first-order valence-electron chi connectivity index (χ1n) is 23.0. The summed E-state index contributed by atoms with van der Waals surface area (Å²) in [5, 5.41) is 2.64. The van der Waals surface area contributed by atoms with Crippen molar-refractivity contribution in [2.45, 2.75) is 25.2 Å². The monoisotopic (exact) mass is 861 g/mol. The lowest BCUT2D eigenvalue weighted by Crippen LogP contribution is -2.22. The lowest BCUT2D eigenvalue weighted by atomic mass is 9.74. The first kappa shape index (κ1) is 39.8. The van der Waals surface area contributed by atoms with Crippen molar-refractivity contribution in [1.82, 2.24) is 0 Å². The number of rotatable bonds is 10. The predicted octanol–water partition coefficient (Wildman–Crippen LogP) is 17.4. The summed E-state index contributed by atoms with van der Waals surface area (Å²) >= 11 is 1.88. The van der Waals surface area contributed by atoms with Gasteiger partial charge in [0, 0.05) is 42.6 Å². The van der Waals surface area contributed by atoms with Crippen LogP contribution in [0.4, 0.5) is 17.1 Å². The van der Waals surface area contributed by atoms with Crippen LogP contribution in [0.1, 0.15) is 45.9 Å². The summed E-state index contributed by atoms with van der Waals surface area (Å²) in [5.74, 6) is 0. The van der Waals surface area contributed by atoms with E-state index >= 15 is 0 Å². The fraction of sp³-hybridized carbons (Fsp3) is 0.0625. The summed E-state index contributed by atoms with van der Waals surface area (Å²) in [6.45, 7) is 2.41. The zero-order chi connectivity index (χ0) is 44.0. The third-order valence-corrected chi connectivity index (χ3v) is 15.1. The Kier molecular flexibility index (Phi) is 10.0. The highest BCUT2D eigenvalue weighted by Gasteiger charge is 2.41. The van der Waals surface area contributed by atoms with Crippen molar-refractivity contribution in [2.75, 3.05) is 4.90 Å². The smallest absolute Gasteiger partial charge is 0.0465 e. The Morgan fingerprint density at radius 2 is 0.909 bits per heavy atom. The van der Waals surface area contributed by atoms with E-state index in [9.17, 15) is 0 Å². The predicted molar refractivity (Wildman–Crippen MR) is 281 cm³/mol. The van der Waals surface area contributed by atoms with Crippen LogP contribution in [-0.2, 0) is 18.3 Å². The van der Waals surface area contributed by atoms with Gasteiger partial charge in [-0.1, -0.05) is 200 Å². The van der Waals surface area contributed by atoms with E-state index in [1.54, 1.807) is 0 Å². The third kappa shape index (κ3) is 6.94. The van der Waals surface area contributed by atoms with Crippen LogP contribution < -0.4 is 4.90 Å². The summed E-state index contributed by atoms with van der Waals surface area (Å²) in [7, 11) is 0. The minimum Gasteiger partial charge on any atom is -0.310 e. The normalized spacial score (nSPS) is 14.0. The van der Waals surface area contributed by atoms with E-state index in [2.05, 4.69) is 254 Å². The van der Waals surface area contributed by atoms with Crippen LogP contribution in [-0.4, -0.2) is 0 Å². The molecule has 0 spiro atoms. The number of hydrogen-bond donors (Lipinski definition) is 0. The Labute approximate surface area is 391 Å². The first-order valence-corrected chi connectivity index (χ1v) is 23.8. The molecule has 11 aromatic rings. The minimum atomic E-state index is -0.327. The Balaban J connectivity index is 1.04. The molecule has 0 radical (unpaired) electrons. The Morgan fingerprint density at radius 3 is 1.67 bits per heavy atom. The van der Waals surface area contributed by atoms with Crippen LogP contribution >= 0.6 is 11.3 Å². The van der Waals surface area contributed by atoms with Gasteiger partial charge in [-0.15, -0.1) is 11.3 Å². The molecule has 10 aromatic carbocycles. The van der Waals surface area contributed by atoms with Gasteiger partial charge in [0.05, 0.1) is 0 Å². The minimum absolute atomic E-state index is 0.327. The summed E-state index contributed by atoms with van der Waals surface area (Å²) in [6, 6.07) is 89.8. The summed E-state index contributed by atoms with van der Waals surface area (Å²) < 4.78 is 2.65. The number of thiophene rings is 1. The number of fused-ring (bicyclic) bond motifs is 6. The second-order valence-electron chi connectivity index (χ2n) is 17.8. The molecule has 0 fully saturated rings. The van der Waals surface area contributed by atoms with Crippen molar-refractivity contribution in [3.05, 3.63) is 282 Å². The largest absolute Gasteiger partial charge is 0.310 e. The molecular formula is C64H47NS. The maximum Gasteiger partial charge on any atom is 0.0465 e. The maximum atomic E-state index is 2.48. The average Bonchev–Trinajstić information content (AvgIpc) is 3.89. The maximum absolute atomic E-state index is 2.48. The van der Waals surface area contributed by atoms with Gasteiger partial charge in [-0.2, -0.15) is 0 Å². The highest BCUT2D eigenvalue weighted by molar-refractivity contribution is 7.26. The molecule has 0 aliphatic heterocycles. The third-order valence-electron chi connectivity index (χ3n) is 13.9. The molecule has 66 heavy (non-hydrogen) atoms. The van der Waals surface area contributed by atoms with E-state index in [-0.39, 0.29) is 5.41 Å². The lowest BCUT2D eigenvalue weighted by molar-refractivity contribution is 0.714. The van der Waals surface area contributed by atoms with Crippen molar-refractivity contribution >= 4 is 48.6 Å². The molecule has 0 amide bonds.